The van der Waals surface area contributed by atoms with Gasteiger partial charge in [0.15, 0.2) is 0 Å². The van der Waals surface area contributed by atoms with Crippen LogP contribution in [0.15, 0.2) is 42.5 Å². The Labute approximate surface area is 141 Å². The van der Waals surface area contributed by atoms with E-state index in [1.807, 2.05) is 12.1 Å². The molecule has 3 aromatic rings. The van der Waals surface area contributed by atoms with E-state index >= 15 is 0 Å². The number of imidazole rings is 1. The quantitative estimate of drug-likeness (QED) is 0.753. The number of aromatic nitrogens is 2. The van der Waals surface area contributed by atoms with Crippen LogP contribution in [0.4, 0.5) is 5.69 Å². The Balaban J connectivity index is 1.83. The second kappa shape index (κ2) is 6.26. The number of hydrogen-bond acceptors (Lipinski definition) is 4. The summed E-state index contributed by atoms with van der Waals surface area (Å²) in [5, 5.41) is 0. The molecule has 0 radical (unpaired) electrons. The Morgan fingerprint density at radius 1 is 1.08 bits per heavy atom. The van der Waals surface area contributed by atoms with Crippen molar-refractivity contribution in [2.75, 3.05) is 32.0 Å². The number of pyridine rings is 1. The normalized spacial score (nSPS) is 15.9. The Morgan fingerprint density at radius 2 is 1.83 bits per heavy atom. The van der Waals surface area contributed by atoms with E-state index in [0.29, 0.717) is 0 Å². The van der Waals surface area contributed by atoms with Gasteiger partial charge in [-0.05, 0) is 31.2 Å². The molecule has 0 unspecified atom stereocenters. The van der Waals surface area contributed by atoms with E-state index in [-0.39, 0.29) is 0 Å². The van der Waals surface area contributed by atoms with Gasteiger partial charge in [0.2, 0.25) is 0 Å². The Morgan fingerprint density at radius 3 is 2.58 bits per heavy atom. The highest BCUT2D eigenvalue weighted by Gasteiger charge is 2.19. The Bertz CT molecular complexity index is 848. The zero-order chi connectivity index (χ0) is 16.5. The van der Waals surface area contributed by atoms with Crippen molar-refractivity contribution in [3.8, 4) is 11.3 Å². The van der Waals surface area contributed by atoms with Crippen LogP contribution in [-0.2, 0) is 11.3 Å². The van der Waals surface area contributed by atoms with Crippen molar-refractivity contribution >= 4 is 11.3 Å². The summed E-state index contributed by atoms with van der Waals surface area (Å²) < 4.78 is 7.75. The van der Waals surface area contributed by atoms with Gasteiger partial charge in [0.1, 0.15) is 5.65 Å². The number of anilines is 1. The second-order valence-electron chi connectivity index (χ2n) is 6.28. The predicted octanol–water partition coefficient (Wildman–Crippen LogP) is 2.72. The van der Waals surface area contributed by atoms with Gasteiger partial charge in [0.05, 0.1) is 24.6 Å². The van der Waals surface area contributed by atoms with Crippen molar-refractivity contribution in [3.05, 3.63) is 53.9 Å². The smallest absolute Gasteiger partial charge is 0.137 e. The molecule has 5 nitrogen and oxygen atoms in total. The van der Waals surface area contributed by atoms with Crippen molar-refractivity contribution < 1.29 is 4.74 Å². The zero-order valence-corrected chi connectivity index (χ0v) is 13.9. The number of nitrogen functional groups attached to an aromatic ring is 1. The standard InChI is InChI=1S/C19H22N4O/c1-14-3-2-4-18-21-19(15-5-7-16(20)8-6-15)17(23(14)18)13-22-9-11-24-12-10-22/h2-8H,9-13,20H2,1H3. The summed E-state index contributed by atoms with van der Waals surface area (Å²) in [6, 6.07) is 14.2. The molecular formula is C19H22N4O. The van der Waals surface area contributed by atoms with E-state index in [0.717, 1.165) is 55.4 Å². The molecule has 3 heterocycles. The van der Waals surface area contributed by atoms with Gasteiger partial charge in [-0.25, -0.2) is 4.98 Å². The van der Waals surface area contributed by atoms with Crippen molar-refractivity contribution in [2.24, 2.45) is 0 Å². The molecule has 2 aromatic heterocycles. The summed E-state index contributed by atoms with van der Waals surface area (Å²) in [4.78, 5) is 7.33. The van der Waals surface area contributed by atoms with Crippen LogP contribution in [0.3, 0.4) is 0 Å². The first kappa shape index (κ1) is 15.2. The highest BCUT2D eigenvalue weighted by Crippen LogP contribution is 2.27. The van der Waals surface area contributed by atoms with Gasteiger partial charge in [-0.3, -0.25) is 9.30 Å². The number of fused-ring (bicyclic) bond motifs is 1. The van der Waals surface area contributed by atoms with E-state index in [2.05, 4.69) is 46.6 Å². The van der Waals surface area contributed by atoms with Crippen molar-refractivity contribution in [2.45, 2.75) is 13.5 Å². The van der Waals surface area contributed by atoms with Crippen LogP contribution in [0.2, 0.25) is 0 Å². The summed E-state index contributed by atoms with van der Waals surface area (Å²) in [5.74, 6) is 0. The first-order valence-corrected chi connectivity index (χ1v) is 8.35. The first-order chi connectivity index (χ1) is 11.7. The number of hydrogen-bond donors (Lipinski definition) is 1. The fraction of sp³-hybridized carbons (Fsp3) is 0.316. The molecule has 1 aliphatic rings. The minimum atomic E-state index is 0.772. The molecule has 0 saturated carbocycles. The Hall–Kier alpha value is -2.37. The molecule has 0 bridgehead atoms. The van der Waals surface area contributed by atoms with Crippen LogP contribution < -0.4 is 5.73 Å². The zero-order valence-electron chi connectivity index (χ0n) is 13.9. The fourth-order valence-corrected chi connectivity index (χ4v) is 3.32. The second-order valence-corrected chi connectivity index (χ2v) is 6.28. The summed E-state index contributed by atoms with van der Waals surface area (Å²) in [6.45, 7) is 6.51. The van der Waals surface area contributed by atoms with Gasteiger partial charge in [-0.15, -0.1) is 0 Å². The molecular weight excluding hydrogens is 300 g/mol. The van der Waals surface area contributed by atoms with Crippen molar-refractivity contribution in [1.29, 1.82) is 0 Å². The SMILES string of the molecule is Cc1cccc2nc(-c3ccc(N)cc3)c(CN3CCOCC3)n12. The molecule has 1 fully saturated rings. The number of nitrogens with two attached hydrogens (primary N) is 1. The molecule has 1 saturated heterocycles. The van der Waals surface area contributed by atoms with Crippen LogP contribution in [0.25, 0.3) is 16.9 Å². The summed E-state index contributed by atoms with van der Waals surface area (Å²) in [6.07, 6.45) is 0. The van der Waals surface area contributed by atoms with E-state index in [9.17, 15) is 0 Å². The average Bonchev–Trinajstić information content (AvgIpc) is 2.96. The fourth-order valence-electron chi connectivity index (χ4n) is 3.32. The molecule has 0 spiro atoms. The van der Waals surface area contributed by atoms with Crippen LogP contribution in [-0.4, -0.2) is 40.6 Å². The van der Waals surface area contributed by atoms with Crippen molar-refractivity contribution in [1.82, 2.24) is 14.3 Å². The lowest BCUT2D eigenvalue weighted by molar-refractivity contribution is 0.0336. The monoisotopic (exact) mass is 322 g/mol. The van der Waals surface area contributed by atoms with Crippen LogP contribution >= 0.6 is 0 Å². The molecule has 2 N–H and O–H groups in total. The van der Waals surface area contributed by atoms with Gasteiger partial charge in [0.25, 0.3) is 0 Å². The van der Waals surface area contributed by atoms with Gasteiger partial charge in [-0.2, -0.15) is 0 Å². The summed E-state index contributed by atoms with van der Waals surface area (Å²) >= 11 is 0. The number of rotatable bonds is 3. The van der Waals surface area contributed by atoms with Gasteiger partial charge < -0.3 is 10.5 Å². The minimum Gasteiger partial charge on any atom is -0.399 e. The summed E-state index contributed by atoms with van der Waals surface area (Å²) in [7, 11) is 0. The molecule has 0 atom stereocenters. The van der Waals surface area contributed by atoms with Gasteiger partial charge >= 0.3 is 0 Å². The number of benzene rings is 1. The van der Waals surface area contributed by atoms with E-state index in [1.54, 1.807) is 0 Å². The third-order valence-electron chi connectivity index (χ3n) is 4.60. The van der Waals surface area contributed by atoms with Gasteiger partial charge in [0, 0.05) is 36.6 Å². The molecule has 24 heavy (non-hydrogen) atoms. The largest absolute Gasteiger partial charge is 0.399 e. The molecule has 4 rings (SSSR count). The third-order valence-corrected chi connectivity index (χ3v) is 4.60. The summed E-state index contributed by atoms with van der Waals surface area (Å²) in [5.41, 5.74) is 12.2. The predicted molar refractivity (Wildman–Crippen MR) is 95.9 cm³/mol. The van der Waals surface area contributed by atoms with Gasteiger partial charge in [-0.1, -0.05) is 18.2 Å². The number of aryl methyl sites for hydroxylation is 1. The lowest BCUT2D eigenvalue weighted by atomic mass is 10.1. The number of nitrogens with zero attached hydrogens (tertiary/aromatic N) is 3. The lowest BCUT2D eigenvalue weighted by Crippen LogP contribution is -2.36. The van der Waals surface area contributed by atoms with Crippen LogP contribution in [0.1, 0.15) is 11.4 Å². The maximum absolute atomic E-state index is 5.84. The van der Waals surface area contributed by atoms with Crippen molar-refractivity contribution in [3.63, 3.8) is 0 Å². The minimum absolute atomic E-state index is 0.772. The molecule has 5 heteroatoms. The van der Waals surface area contributed by atoms with E-state index in [1.165, 1.54) is 11.4 Å². The van der Waals surface area contributed by atoms with E-state index in [4.69, 9.17) is 15.5 Å². The highest BCUT2D eigenvalue weighted by molar-refractivity contribution is 5.68. The third kappa shape index (κ3) is 2.77. The highest BCUT2D eigenvalue weighted by atomic mass is 16.5. The molecule has 0 aliphatic carbocycles. The van der Waals surface area contributed by atoms with E-state index < -0.39 is 0 Å². The molecule has 1 aromatic carbocycles. The van der Waals surface area contributed by atoms with Crippen LogP contribution in [0, 0.1) is 6.92 Å². The first-order valence-electron chi connectivity index (χ1n) is 8.35. The lowest BCUT2D eigenvalue weighted by Gasteiger charge is -2.26. The maximum Gasteiger partial charge on any atom is 0.137 e. The van der Waals surface area contributed by atoms with Crippen LogP contribution in [0.5, 0.6) is 0 Å². The molecule has 124 valence electrons. The number of ether oxygens (including phenoxy) is 1. The molecule has 1 aliphatic heterocycles. The topological polar surface area (TPSA) is 55.8 Å². The average molecular weight is 322 g/mol. The number of morpholine rings is 1. The molecule has 0 amide bonds. The maximum atomic E-state index is 5.84. The Kier molecular flexibility index (Phi) is 3.96.